The van der Waals surface area contributed by atoms with Gasteiger partial charge in [-0.15, -0.1) is 0 Å². The summed E-state index contributed by atoms with van der Waals surface area (Å²) in [6.07, 6.45) is 75.1. The van der Waals surface area contributed by atoms with Gasteiger partial charge in [0.25, 0.3) is 0 Å². The molecule has 0 aliphatic heterocycles. The summed E-state index contributed by atoms with van der Waals surface area (Å²) in [6, 6.07) is -0.628. The highest BCUT2D eigenvalue weighted by atomic mass is 16.5. The van der Waals surface area contributed by atoms with E-state index < -0.39 is 12.1 Å². The molecule has 3 N–H and O–H groups in total. The summed E-state index contributed by atoms with van der Waals surface area (Å²) in [5.74, 6) is -0.0602. The van der Waals surface area contributed by atoms with Gasteiger partial charge < -0.3 is 20.3 Å². The summed E-state index contributed by atoms with van der Waals surface area (Å²) in [5.41, 5.74) is 0. The van der Waals surface area contributed by atoms with Crippen molar-refractivity contribution < 1.29 is 24.5 Å². The average Bonchev–Trinajstić information content (AvgIpc) is 3.37. The number of amides is 1. The Morgan fingerprint density at radius 1 is 0.380 bits per heavy atom. The van der Waals surface area contributed by atoms with E-state index in [9.17, 15) is 19.8 Å². The molecule has 0 saturated heterocycles. The number of hydrogen-bond acceptors (Lipinski definition) is 5. The molecular weight excluding hydrogens is 875 g/mol. The van der Waals surface area contributed by atoms with E-state index in [1.807, 2.05) is 6.08 Å². The van der Waals surface area contributed by atoms with Gasteiger partial charge in [-0.25, -0.2) is 0 Å². The normalized spacial score (nSPS) is 12.7. The van der Waals surface area contributed by atoms with E-state index in [1.165, 1.54) is 283 Å². The largest absolute Gasteiger partial charge is 0.466 e. The second-order valence-corrected chi connectivity index (χ2v) is 22.1. The van der Waals surface area contributed by atoms with E-state index in [4.69, 9.17) is 4.74 Å². The van der Waals surface area contributed by atoms with Crippen molar-refractivity contribution in [1.82, 2.24) is 5.32 Å². The zero-order chi connectivity index (χ0) is 51.4. The topological polar surface area (TPSA) is 95.9 Å². The van der Waals surface area contributed by atoms with E-state index in [0.29, 0.717) is 19.4 Å². The molecule has 0 aromatic heterocycles. The fourth-order valence-electron chi connectivity index (χ4n) is 10.0. The summed E-state index contributed by atoms with van der Waals surface area (Å²) in [4.78, 5) is 24.5. The van der Waals surface area contributed by atoms with Crippen molar-refractivity contribution in [2.45, 2.75) is 366 Å². The third-order valence-corrected chi connectivity index (χ3v) is 15.0. The maximum absolute atomic E-state index is 12.5. The molecule has 420 valence electrons. The monoisotopic (exact) mass is 1000 g/mol. The van der Waals surface area contributed by atoms with Gasteiger partial charge in [0, 0.05) is 12.8 Å². The molecule has 0 saturated carbocycles. The van der Waals surface area contributed by atoms with Crippen molar-refractivity contribution in [3.05, 3.63) is 24.3 Å². The SMILES string of the molecule is CCCCCCCCC/C=C\CCCCCCCC(=O)OCCCCCCCCCCCCCCCCCCCCCCCCC(=O)NC(CO)C(O)/C=C/CCCCCCCCCCCCCCCC. The number of hydrogen-bond donors (Lipinski definition) is 3. The molecule has 0 bridgehead atoms. The number of aliphatic hydroxyl groups is 2. The number of carbonyl (C=O) groups is 2. The molecule has 0 radical (unpaired) electrons. The van der Waals surface area contributed by atoms with E-state index >= 15 is 0 Å². The van der Waals surface area contributed by atoms with Crippen LogP contribution in [0.25, 0.3) is 0 Å². The standard InChI is InChI=1S/C65H125NO5/c1-3-5-7-9-11-13-15-17-19-29-33-37-41-45-49-53-57-63(68)62(61-67)66-64(69)58-54-50-46-42-38-34-30-27-25-23-21-22-24-26-28-32-36-40-44-48-52-56-60-71-65(70)59-55-51-47-43-39-35-31-20-18-16-14-12-10-8-6-4-2/h20,31,53,57,62-63,67-68H,3-19,21-30,32-52,54-56,58-61H2,1-2H3,(H,66,69)/b31-20-,57-53+. The van der Waals surface area contributed by atoms with Crippen LogP contribution in [0.1, 0.15) is 354 Å². The van der Waals surface area contributed by atoms with Gasteiger partial charge in [0.05, 0.1) is 25.4 Å². The Bertz CT molecular complexity index is 1110. The fourth-order valence-corrected chi connectivity index (χ4v) is 10.0. The first kappa shape index (κ1) is 69.3. The van der Waals surface area contributed by atoms with Crippen molar-refractivity contribution >= 4 is 11.9 Å². The Labute approximate surface area is 443 Å². The Morgan fingerprint density at radius 2 is 0.662 bits per heavy atom. The van der Waals surface area contributed by atoms with Gasteiger partial charge in [-0.1, -0.05) is 308 Å². The lowest BCUT2D eigenvalue weighted by molar-refractivity contribution is -0.143. The number of nitrogens with one attached hydrogen (secondary N) is 1. The summed E-state index contributed by atoms with van der Waals surface area (Å²) in [7, 11) is 0. The molecule has 0 aromatic rings. The Morgan fingerprint density at radius 3 is 1.00 bits per heavy atom. The molecule has 2 atom stereocenters. The lowest BCUT2D eigenvalue weighted by Gasteiger charge is -2.20. The maximum Gasteiger partial charge on any atom is 0.305 e. The Hall–Kier alpha value is -1.66. The zero-order valence-electron chi connectivity index (χ0n) is 48.0. The molecule has 2 unspecified atom stereocenters. The summed E-state index contributed by atoms with van der Waals surface area (Å²) >= 11 is 0. The number of esters is 1. The van der Waals surface area contributed by atoms with Crippen LogP contribution in [-0.4, -0.2) is 47.4 Å². The number of aliphatic hydroxyl groups excluding tert-OH is 2. The van der Waals surface area contributed by atoms with Crippen LogP contribution in [0, 0.1) is 0 Å². The van der Waals surface area contributed by atoms with Crippen molar-refractivity contribution in [1.29, 1.82) is 0 Å². The van der Waals surface area contributed by atoms with Gasteiger partial charge in [-0.2, -0.15) is 0 Å². The highest BCUT2D eigenvalue weighted by molar-refractivity contribution is 5.76. The van der Waals surface area contributed by atoms with Crippen LogP contribution in [0.5, 0.6) is 0 Å². The predicted octanol–water partition coefficient (Wildman–Crippen LogP) is 20.2. The molecule has 0 fully saturated rings. The molecule has 6 heteroatoms. The van der Waals surface area contributed by atoms with Crippen LogP contribution in [0.3, 0.4) is 0 Å². The van der Waals surface area contributed by atoms with Crippen LogP contribution >= 0.6 is 0 Å². The van der Waals surface area contributed by atoms with E-state index in [-0.39, 0.29) is 18.5 Å². The van der Waals surface area contributed by atoms with E-state index in [0.717, 1.165) is 44.9 Å². The molecule has 0 rings (SSSR count). The molecule has 0 spiro atoms. The molecule has 6 nitrogen and oxygen atoms in total. The van der Waals surface area contributed by atoms with Gasteiger partial charge in [0.1, 0.15) is 0 Å². The smallest absolute Gasteiger partial charge is 0.305 e. The zero-order valence-corrected chi connectivity index (χ0v) is 48.0. The number of rotatable bonds is 60. The Balaban J connectivity index is 3.39. The number of ether oxygens (including phenoxy) is 1. The minimum Gasteiger partial charge on any atom is -0.466 e. The number of carbonyl (C=O) groups excluding carboxylic acids is 2. The van der Waals surface area contributed by atoms with Crippen LogP contribution < -0.4 is 5.32 Å². The first-order chi connectivity index (χ1) is 35.0. The minimum absolute atomic E-state index is 0.00579. The summed E-state index contributed by atoms with van der Waals surface area (Å²) < 4.78 is 5.49. The molecular formula is C65H125NO5. The second-order valence-electron chi connectivity index (χ2n) is 22.1. The van der Waals surface area contributed by atoms with E-state index in [2.05, 4.69) is 31.3 Å². The molecule has 0 aliphatic rings. The van der Waals surface area contributed by atoms with Gasteiger partial charge in [0.2, 0.25) is 5.91 Å². The molecule has 0 aromatic carbocycles. The lowest BCUT2D eigenvalue weighted by Crippen LogP contribution is -2.45. The fraction of sp³-hybridized carbons (Fsp3) is 0.908. The van der Waals surface area contributed by atoms with Gasteiger partial charge in [0.15, 0.2) is 0 Å². The quantitative estimate of drug-likeness (QED) is 0.0320. The Kier molecular flexibility index (Phi) is 59.5. The number of allylic oxidation sites excluding steroid dienone is 3. The van der Waals surface area contributed by atoms with Gasteiger partial charge in [-0.3, -0.25) is 9.59 Å². The summed E-state index contributed by atoms with van der Waals surface area (Å²) in [5, 5.41) is 23.2. The van der Waals surface area contributed by atoms with Crippen LogP contribution in [0.15, 0.2) is 24.3 Å². The molecule has 71 heavy (non-hydrogen) atoms. The maximum atomic E-state index is 12.5. The third-order valence-electron chi connectivity index (χ3n) is 15.0. The predicted molar refractivity (Wildman–Crippen MR) is 310 cm³/mol. The lowest BCUT2D eigenvalue weighted by atomic mass is 10.0. The van der Waals surface area contributed by atoms with Crippen molar-refractivity contribution in [3.8, 4) is 0 Å². The summed E-state index contributed by atoms with van der Waals surface area (Å²) in [6.45, 7) is 4.92. The van der Waals surface area contributed by atoms with E-state index in [1.54, 1.807) is 6.08 Å². The highest BCUT2D eigenvalue weighted by Crippen LogP contribution is 2.18. The number of unbranched alkanes of at least 4 members (excludes halogenated alkanes) is 47. The van der Waals surface area contributed by atoms with Crippen LogP contribution in [0.2, 0.25) is 0 Å². The second kappa shape index (κ2) is 60.9. The van der Waals surface area contributed by atoms with Gasteiger partial charge in [-0.05, 0) is 57.8 Å². The molecule has 1 amide bonds. The van der Waals surface area contributed by atoms with Crippen LogP contribution in [-0.2, 0) is 14.3 Å². The molecule has 0 heterocycles. The van der Waals surface area contributed by atoms with Crippen molar-refractivity contribution in [2.75, 3.05) is 13.2 Å². The minimum atomic E-state index is -0.844. The van der Waals surface area contributed by atoms with Crippen molar-refractivity contribution in [3.63, 3.8) is 0 Å². The highest BCUT2D eigenvalue weighted by Gasteiger charge is 2.18. The van der Waals surface area contributed by atoms with Gasteiger partial charge >= 0.3 is 5.97 Å². The van der Waals surface area contributed by atoms with Crippen LogP contribution in [0.4, 0.5) is 0 Å². The first-order valence-corrected chi connectivity index (χ1v) is 32.1. The first-order valence-electron chi connectivity index (χ1n) is 32.1. The molecule has 0 aliphatic carbocycles. The van der Waals surface area contributed by atoms with Crippen molar-refractivity contribution in [2.24, 2.45) is 0 Å². The average molecular weight is 1000 g/mol. The third kappa shape index (κ3) is 57.5.